The molecule has 1 unspecified atom stereocenters. The van der Waals surface area contributed by atoms with E-state index in [1.165, 1.54) is 43.4 Å². The van der Waals surface area contributed by atoms with E-state index in [-0.39, 0.29) is 5.92 Å². The molecule has 8 aromatic rings. The molecule has 0 spiro atoms. The fourth-order valence-electron chi connectivity index (χ4n) is 7.68. The van der Waals surface area contributed by atoms with Crippen LogP contribution in [-0.2, 0) is 0 Å². The SMILES string of the molecule is C=C(C=NC)C1=CC=CC(c2cc(-c3cccc(-c4ccccc4)c3)nc(-c3ccc(-c4ccc5c6ccccc6c6ccccc6c5c4)cc3)n2)C1. The highest BCUT2D eigenvalue weighted by atomic mass is 14.9. The topological polar surface area (TPSA) is 38.1 Å². The maximum absolute atomic E-state index is 5.23. The Labute approximate surface area is 310 Å². The molecular weight excluding hydrogens is 643 g/mol. The molecule has 1 atom stereocenters. The molecule has 9 rings (SSSR count). The molecule has 7 aromatic carbocycles. The second kappa shape index (κ2) is 13.8. The maximum Gasteiger partial charge on any atom is 0.160 e. The standard InChI is InChI=1S/C50H37N3/c1-33(32-51-2)37-14-10-16-40(28-37)48-31-49(41-17-11-15-38(29-41)34-12-4-3-5-13-34)53-50(52-48)36-24-22-35(23-25-36)39-26-27-46-44-20-7-6-18-42(44)43-19-8-9-21-45(43)47(46)30-39/h3-27,29-32,40H,1,28H2,2H3. The van der Waals surface area contributed by atoms with Crippen LogP contribution < -0.4 is 0 Å². The van der Waals surface area contributed by atoms with Crippen LogP contribution in [0.5, 0.6) is 0 Å². The van der Waals surface area contributed by atoms with Crippen LogP contribution in [0.3, 0.4) is 0 Å². The molecule has 1 aliphatic carbocycles. The van der Waals surface area contributed by atoms with Gasteiger partial charge in [0.25, 0.3) is 0 Å². The van der Waals surface area contributed by atoms with Crippen molar-refractivity contribution >= 4 is 38.5 Å². The Morgan fingerprint density at radius 1 is 0.566 bits per heavy atom. The Morgan fingerprint density at radius 2 is 1.13 bits per heavy atom. The summed E-state index contributed by atoms with van der Waals surface area (Å²) in [6.45, 7) is 4.26. The summed E-state index contributed by atoms with van der Waals surface area (Å²) in [5.74, 6) is 0.793. The van der Waals surface area contributed by atoms with Crippen LogP contribution in [0.1, 0.15) is 18.0 Å². The van der Waals surface area contributed by atoms with E-state index in [1.807, 2.05) is 12.3 Å². The van der Waals surface area contributed by atoms with Crippen LogP contribution in [0.25, 0.3) is 77.2 Å². The van der Waals surface area contributed by atoms with Crippen LogP contribution >= 0.6 is 0 Å². The number of allylic oxidation sites excluding steroid dienone is 5. The Bertz CT molecular complexity index is 2740. The van der Waals surface area contributed by atoms with Crippen molar-refractivity contribution in [2.45, 2.75) is 12.3 Å². The Hall–Kier alpha value is -6.71. The van der Waals surface area contributed by atoms with E-state index >= 15 is 0 Å². The molecule has 0 saturated heterocycles. The van der Waals surface area contributed by atoms with Crippen molar-refractivity contribution in [3.63, 3.8) is 0 Å². The number of fused-ring (bicyclic) bond motifs is 6. The molecule has 252 valence electrons. The zero-order valence-electron chi connectivity index (χ0n) is 29.6. The zero-order valence-corrected chi connectivity index (χ0v) is 29.6. The summed E-state index contributed by atoms with van der Waals surface area (Å²) in [4.78, 5) is 14.6. The Balaban J connectivity index is 1.12. The monoisotopic (exact) mass is 679 g/mol. The fourth-order valence-corrected chi connectivity index (χ4v) is 7.68. The van der Waals surface area contributed by atoms with Gasteiger partial charge in [-0.15, -0.1) is 0 Å². The van der Waals surface area contributed by atoms with Crippen LogP contribution in [-0.4, -0.2) is 23.2 Å². The summed E-state index contributed by atoms with van der Waals surface area (Å²) in [5.41, 5.74) is 10.7. The van der Waals surface area contributed by atoms with E-state index in [9.17, 15) is 0 Å². The van der Waals surface area contributed by atoms with Crippen molar-refractivity contribution in [1.82, 2.24) is 9.97 Å². The Kier molecular flexibility index (Phi) is 8.38. The summed E-state index contributed by atoms with van der Waals surface area (Å²) in [5, 5.41) is 7.66. The smallest absolute Gasteiger partial charge is 0.160 e. The van der Waals surface area contributed by atoms with Gasteiger partial charge in [0.2, 0.25) is 0 Å². The van der Waals surface area contributed by atoms with Gasteiger partial charge in [0.05, 0.1) is 11.4 Å². The van der Waals surface area contributed by atoms with Gasteiger partial charge in [-0.25, -0.2) is 9.97 Å². The summed E-state index contributed by atoms with van der Waals surface area (Å²) >= 11 is 0. The van der Waals surface area contributed by atoms with Gasteiger partial charge >= 0.3 is 0 Å². The van der Waals surface area contributed by atoms with Crippen molar-refractivity contribution in [3.8, 4) is 44.9 Å². The van der Waals surface area contributed by atoms with Gasteiger partial charge < -0.3 is 0 Å². The molecule has 0 N–H and O–H groups in total. The largest absolute Gasteiger partial charge is 0.296 e. The number of nitrogens with zero attached hydrogens (tertiary/aromatic N) is 3. The number of aromatic nitrogens is 2. The van der Waals surface area contributed by atoms with Crippen molar-refractivity contribution in [2.75, 3.05) is 7.05 Å². The first-order chi connectivity index (χ1) is 26.1. The summed E-state index contributed by atoms with van der Waals surface area (Å²) in [6, 6.07) is 54.3. The fraction of sp³-hybridized carbons (Fsp3) is 0.0600. The first kappa shape index (κ1) is 32.2. The van der Waals surface area contributed by atoms with Gasteiger partial charge in [0, 0.05) is 30.3 Å². The summed E-state index contributed by atoms with van der Waals surface area (Å²) in [7, 11) is 1.78. The average Bonchev–Trinajstić information content (AvgIpc) is 3.24. The molecule has 3 nitrogen and oxygen atoms in total. The lowest BCUT2D eigenvalue weighted by Gasteiger charge is -2.20. The highest BCUT2D eigenvalue weighted by Crippen LogP contribution is 2.38. The van der Waals surface area contributed by atoms with Crippen molar-refractivity contribution < 1.29 is 0 Å². The third-order valence-corrected chi connectivity index (χ3v) is 10.4. The lowest BCUT2D eigenvalue weighted by molar-refractivity contribution is 0.789. The third-order valence-electron chi connectivity index (χ3n) is 10.4. The molecule has 0 saturated carbocycles. The molecule has 0 amide bonds. The predicted octanol–water partition coefficient (Wildman–Crippen LogP) is 12.8. The minimum Gasteiger partial charge on any atom is -0.296 e. The molecule has 0 radical (unpaired) electrons. The highest BCUT2D eigenvalue weighted by molar-refractivity contribution is 6.25. The third kappa shape index (κ3) is 6.17. The highest BCUT2D eigenvalue weighted by Gasteiger charge is 2.20. The second-order valence-corrected chi connectivity index (χ2v) is 13.7. The van der Waals surface area contributed by atoms with Gasteiger partial charge in [-0.3, -0.25) is 4.99 Å². The van der Waals surface area contributed by atoms with Crippen molar-refractivity contribution in [3.05, 3.63) is 193 Å². The lowest BCUT2D eigenvalue weighted by Crippen LogP contribution is -2.07. The van der Waals surface area contributed by atoms with Gasteiger partial charge in [0.1, 0.15) is 0 Å². The van der Waals surface area contributed by atoms with Crippen LogP contribution in [0.4, 0.5) is 0 Å². The zero-order chi connectivity index (χ0) is 35.7. The molecule has 0 aliphatic heterocycles. The average molecular weight is 680 g/mol. The molecule has 1 aliphatic rings. The molecule has 3 heteroatoms. The van der Waals surface area contributed by atoms with Gasteiger partial charge in [-0.1, -0.05) is 158 Å². The van der Waals surface area contributed by atoms with E-state index < -0.39 is 0 Å². The molecule has 0 fully saturated rings. The summed E-state index contributed by atoms with van der Waals surface area (Å²) in [6.07, 6.45) is 9.09. The van der Waals surface area contributed by atoms with E-state index in [0.29, 0.717) is 5.82 Å². The van der Waals surface area contributed by atoms with Crippen molar-refractivity contribution in [2.24, 2.45) is 4.99 Å². The number of aliphatic imine (C=N–C) groups is 1. The molecular formula is C50H37N3. The normalized spacial score (nSPS) is 14.3. The van der Waals surface area contributed by atoms with Crippen molar-refractivity contribution in [1.29, 1.82) is 0 Å². The first-order valence-corrected chi connectivity index (χ1v) is 18.1. The molecule has 1 heterocycles. The minimum atomic E-state index is 0.0811. The first-order valence-electron chi connectivity index (χ1n) is 18.1. The molecule has 0 bridgehead atoms. The van der Waals surface area contributed by atoms with E-state index in [0.717, 1.165) is 51.2 Å². The van der Waals surface area contributed by atoms with Crippen LogP contribution in [0.2, 0.25) is 0 Å². The van der Waals surface area contributed by atoms with E-state index in [1.54, 1.807) is 7.05 Å². The minimum absolute atomic E-state index is 0.0811. The van der Waals surface area contributed by atoms with E-state index in [2.05, 4.69) is 175 Å². The van der Waals surface area contributed by atoms with Gasteiger partial charge in [-0.2, -0.15) is 0 Å². The molecule has 53 heavy (non-hydrogen) atoms. The summed E-state index contributed by atoms with van der Waals surface area (Å²) < 4.78 is 0. The van der Waals surface area contributed by atoms with Crippen LogP contribution in [0, 0.1) is 0 Å². The maximum atomic E-state index is 5.23. The second-order valence-electron chi connectivity index (χ2n) is 13.7. The van der Waals surface area contributed by atoms with Gasteiger partial charge in [-0.05, 0) is 90.3 Å². The number of hydrogen-bond acceptors (Lipinski definition) is 3. The van der Waals surface area contributed by atoms with E-state index in [4.69, 9.17) is 9.97 Å². The quantitative estimate of drug-likeness (QED) is 0.124. The predicted molar refractivity (Wildman–Crippen MR) is 224 cm³/mol. The van der Waals surface area contributed by atoms with Gasteiger partial charge in [0.15, 0.2) is 5.82 Å². The number of benzene rings is 7. The van der Waals surface area contributed by atoms with Crippen LogP contribution in [0.15, 0.2) is 193 Å². The number of rotatable bonds is 7. The Morgan fingerprint density at radius 3 is 1.85 bits per heavy atom. The lowest BCUT2D eigenvalue weighted by atomic mass is 9.88. The number of hydrogen-bond donors (Lipinski definition) is 0. The molecule has 1 aromatic heterocycles.